The van der Waals surface area contributed by atoms with E-state index in [1.54, 1.807) is 29.1 Å². The van der Waals surface area contributed by atoms with Crippen LogP contribution in [0, 0.1) is 0 Å². The normalized spacial score (nSPS) is 11.6. The molecule has 0 radical (unpaired) electrons. The van der Waals surface area contributed by atoms with Gasteiger partial charge in [-0.15, -0.1) is 0 Å². The molecule has 6 nitrogen and oxygen atoms in total. The van der Waals surface area contributed by atoms with E-state index in [4.69, 9.17) is 0 Å². The summed E-state index contributed by atoms with van der Waals surface area (Å²) in [6.07, 6.45) is 1.29. The van der Waals surface area contributed by atoms with Gasteiger partial charge in [0.25, 0.3) is 0 Å². The summed E-state index contributed by atoms with van der Waals surface area (Å²) < 4.78 is 39.2. The third kappa shape index (κ3) is 5.63. The minimum absolute atomic E-state index is 0.134. The van der Waals surface area contributed by atoms with Crippen LogP contribution in [-0.2, 0) is 17.5 Å². The average molecular weight is 414 g/mol. The number of rotatable bonds is 6. The molecule has 0 aliphatic carbocycles. The lowest BCUT2D eigenvalue weighted by molar-refractivity contribution is -0.137. The maximum Gasteiger partial charge on any atom is 0.416 e. The van der Waals surface area contributed by atoms with Crippen molar-refractivity contribution in [3.63, 3.8) is 0 Å². The molecule has 0 fully saturated rings. The second-order valence-corrected chi connectivity index (χ2v) is 6.44. The van der Waals surface area contributed by atoms with E-state index >= 15 is 0 Å². The van der Waals surface area contributed by atoms with Crippen molar-refractivity contribution in [2.45, 2.75) is 19.6 Å². The number of ketones is 1. The summed E-state index contributed by atoms with van der Waals surface area (Å²) >= 11 is 0. The number of Topliss-reactive ketones (excluding diaryl/α,β-unsaturated/α-hetero) is 1. The van der Waals surface area contributed by atoms with Gasteiger partial charge in [-0.05, 0) is 35.9 Å². The molecule has 1 amide bonds. The first-order valence-corrected chi connectivity index (χ1v) is 8.86. The van der Waals surface area contributed by atoms with Crippen LogP contribution < -0.4 is 5.32 Å². The van der Waals surface area contributed by atoms with Crippen molar-refractivity contribution < 1.29 is 22.8 Å². The summed E-state index contributed by atoms with van der Waals surface area (Å²) in [5.41, 5.74) is 1.16. The molecule has 154 valence electrons. The Labute approximate surface area is 170 Å². The van der Waals surface area contributed by atoms with Gasteiger partial charge in [0, 0.05) is 19.2 Å². The summed E-state index contributed by atoms with van der Waals surface area (Å²) in [5, 5.41) is 6.76. The molecular weight excluding hydrogens is 397 g/mol. The van der Waals surface area contributed by atoms with Crippen molar-refractivity contribution in [1.82, 2.24) is 14.8 Å². The molecule has 0 unspecified atom stereocenters. The third-order valence-electron chi connectivity index (χ3n) is 4.06. The quantitative estimate of drug-likeness (QED) is 0.485. The molecule has 0 saturated heterocycles. The Morgan fingerprint density at radius 2 is 1.87 bits per heavy atom. The van der Waals surface area contributed by atoms with Gasteiger partial charge in [-0.1, -0.05) is 18.2 Å². The number of hydrogen-bond acceptors (Lipinski definition) is 4. The van der Waals surface area contributed by atoms with Gasteiger partial charge in [-0.3, -0.25) is 14.3 Å². The Bertz CT molecular complexity index is 1090. The number of carbonyl (C=O) groups is 2. The molecule has 0 aliphatic rings. The lowest BCUT2D eigenvalue weighted by atomic mass is 10.1. The summed E-state index contributed by atoms with van der Waals surface area (Å²) in [6, 6.07) is 9.60. The topological polar surface area (TPSA) is 76.9 Å². The van der Waals surface area contributed by atoms with Gasteiger partial charge in [0.15, 0.2) is 5.78 Å². The second-order valence-electron chi connectivity index (χ2n) is 6.44. The number of aromatic nitrogens is 3. The van der Waals surface area contributed by atoms with Crippen molar-refractivity contribution in [3.05, 3.63) is 83.4 Å². The Morgan fingerprint density at radius 3 is 2.53 bits per heavy atom. The van der Waals surface area contributed by atoms with Crippen molar-refractivity contribution in [1.29, 1.82) is 0 Å². The van der Waals surface area contributed by atoms with Gasteiger partial charge < -0.3 is 5.32 Å². The van der Waals surface area contributed by atoms with Gasteiger partial charge in [0.2, 0.25) is 5.91 Å². The highest BCUT2D eigenvalue weighted by Gasteiger charge is 2.29. The average Bonchev–Trinajstić information content (AvgIpc) is 3.13. The fourth-order valence-electron chi connectivity index (χ4n) is 2.58. The van der Waals surface area contributed by atoms with Crippen molar-refractivity contribution >= 4 is 23.5 Å². The molecule has 2 aromatic heterocycles. The number of halogens is 3. The van der Waals surface area contributed by atoms with E-state index in [1.165, 1.54) is 37.4 Å². The first-order valence-electron chi connectivity index (χ1n) is 8.86. The molecule has 0 saturated carbocycles. The first kappa shape index (κ1) is 21.0. The predicted molar refractivity (Wildman–Crippen MR) is 105 cm³/mol. The van der Waals surface area contributed by atoms with Crippen molar-refractivity contribution in [2.75, 3.05) is 5.32 Å². The fraction of sp³-hybridized carbons (Fsp3) is 0.143. The number of alkyl halides is 3. The number of nitrogens with one attached hydrogen (secondary N) is 1. The lowest BCUT2D eigenvalue weighted by Crippen LogP contribution is -2.08. The van der Waals surface area contributed by atoms with E-state index in [2.05, 4.69) is 15.4 Å². The molecule has 3 aromatic rings. The monoisotopic (exact) mass is 414 g/mol. The van der Waals surface area contributed by atoms with Gasteiger partial charge in [-0.25, -0.2) is 4.98 Å². The molecule has 1 N–H and O–H groups in total. The molecule has 0 atom stereocenters. The first-order chi connectivity index (χ1) is 14.2. The van der Waals surface area contributed by atoms with Gasteiger partial charge in [0.05, 0.1) is 29.7 Å². The molecule has 9 heteroatoms. The maximum absolute atomic E-state index is 12.6. The van der Waals surface area contributed by atoms with Gasteiger partial charge in [0.1, 0.15) is 5.69 Å². The van der Waals surface area contributed by atoms with Crippen LogP contribution in [0.5, 0.6) is 0 Å². The van der Waals surface area contributed by atoms with E-state index in [0.29, 0.717) is 29.2 Å². The lowest BCUT2D eigenvalue weighted by Gasteiger charge is -2.05. The number of nitrogens with zero attached hydrogens (tertiary/aromatic N) is 3. The Morgan fingerprint density at radius 1 is 1.13 bits per heavy atom. The smallest absolute Gasteiger partial charge is 0.320 e. The van der Waals surface area contributed by atoms with E-state index in [0.717, 1.165) is 12.1 Å². The van der Waals surface area contributed by atoms with Crippen molar-refractivity contribution in [2.24, 2.45) is 0 Å². The molecule has 0 spiro atoms. The largest absolute Gasteiger partial charge is 0.416 e. The number of benzene rings is 1. The SMILES string of the molecule is CC(=O)c1cccc(Cn2cc(NC(=O)/C=C/c3ccc(C(F)(F)F)cc3)cn2)n1. The fourth-order valence-corrected chi connectivity index (χ4v) is 2.58. The number of carbonyl (C=O) groups excluding carboxylic acids is 2. The Balaban J connectivity index is 1.59. The van der Waals surface area contributed by atoms with Crippen LogP contribution in [-0.4, -0.2) is 26.5 Å². The van der Waals surface area contributed by atoms with Gasteiger partial charge in [-0.2, -0.15) is 18.3 Å². The molecule has 30 heavy (non-hydrogen) atoms. The highest BCUT2D eigenvalue weighted by molar-refractivity contribution is 6.01. The summed E-state index contributed by atoms with van der Waals surface area (Å²) in [4.78, 5) is 27.7. The predicted octanol–water partition coefficient (Wildman–Crippen LogP) is 4.20. The van der Waals surface area contributed by atoms with E-state index in [-0.39, 0.29) is 5.78 Å². The number of anilines is 1. The number of hydrogen-bond donors (Lipinski definition) is 1. The summed E-state index contributed by atoms with van der Waals surface area (Å²) in [7, 11) is 0. The van der Waals surface area contributed by atoms with E-state index < -0.39 is 17.6 Å². The Hall–Kier alpha value is -3.75. The van der Waals surface area contributed by atoms with Crippen molar-refractivity contribution in [3.8, 4) is 0 Å². The minimum Gasteiger partial charge on any atom is -0.320 e. The summed E-state index contributed by atoms with van der Waals surface area (Å²) in [6.45, 7) is 1.75. The molecule has 3 rings (SSSR count). The zero-order valence-electron chi connectivity index (χ0n) is 15.8. The van der Waals surface area contributed by atoms with Crippen LogP contribution in [0.3, 0.4) is 0 Å². The van der Waals surface area contributed by atoms with Crippen LogP contribution >= 0.6 is 0 Å². The highest BCUT2D eigenvalue weighted by atomic mass is 19.4. The zero-order valence-corrected chi connectivity index (χ0v) is 15.8. The van der Waals surface area contributed by atoms with Crippen LogP contribution in [0.15, 0.2) is 60.9 Å². The van der Waals surface area contributed by atoms with E-state index in [1.807, 2.05) is 0 Å². The van der Waals surface area contributed by atoms with Gasteiger partial charge >= 0.3 is 6.18 Å². The standard InChI is InChI=1S/C21H17F3N4O2/c1-14(29)19-4-2-3-17(26-19)12-28-13-18(11-25-28)27-20(30)10-7-15-5-8-16(9-6-15)21(22,23)24/h2-11,13H,12H2,1H3,(H,27,30)/b10-7+. The highest BCUT2D eigenvalue weighted by Crippen LogP contribution is 2.29. The number of pyridine rings is 1. The number of amides is 1. The zero-order chi connectivity index (χ0) is 21.7. The molecule has 1 aromatic carbocycles. The molecule has 2 heterocycles. The van der Waals surface area contributed by atoms with Crippen LogP contribution in [0.25, 0.3) is 6.08 Å². The maximum atomic E-state index is 12.6. The molecule has 0 bridgehead atoms. The third-order valence-corrected chi connectivity index (χ3v) is 4.06. The minimum atomic E-state index is -4.40. The molecule has 0 aliphatic heterocycles. The Kier molecular flexibility index (Phi) is 6.10. The van der Waals surface area contributed by atoms with E-state index in [9.17, 15) is 22.8 Å². The van der Waals surface area contributed by atoms with Crippen LogP contribution in [0.4, 0.5) is 18.9 Å². The van der Waals surface area contributed by atoms with Crippen LogP contribution in [0.2, 0.25) is 0 Å². The second kappa shape index (κ2) is 8.73. The molecular formula is C21H17F3N4O2. The van der Waals surface area contributed by atoms with Crippen LogP contribution in [0.1, 0.15) is 34.2 Å². The summed E-state index contributed by atoms with van der Waals surface area (Å²) in [5.74, 6) is -0.587.